The van der Waals surface area contributed by atoms with E-state index in [1.807, 2.05) is 60.7 Å². The standard InChI is InChI=1S/C23H20ClN7O2/c1-33-19-13-16(24)12-15(20(19)32)14-25-31-23-29-21(26-17-8-4-2-5-9-17)28-22(30-23)27-18-10-6-3-7-11-18/h2-14,32H,1H3,(H3,26,27,28,29,30,31)/b25-14+. The fraction of sp³-hybridized carbons (Fsp3) is 0.0435. The second kappa shape index (κ2) is 10.3. The number of para-hydroxylation sites is 2. The van der Waals surface area contributed by atoms with Crippen LogP contribution in [-0.4, -0.2) is 33.4 Å². The smallest absolute Gasteiger partial charge is 0.250 e. The van der Waals surface area contributed by atoms with Crippen LogP contribution in [0.15, 0.2) is 77.9 Å². The molecule has 1 aromatic heterocycles. The van der Waals surface area contributed by atoms with Crippen LogP contribution in [0.4, 0.5) is 29.2 Å². The summed E-state index contributed by atoms with van der Waals surface area (Å²) < 4.78 is 5.11. The van der Waals surface area contributed by atoms with Gasteiger partial charge in [-0.1, -0.05) is 48.0 Å². The molecule has 166 valence electrons. The highest BCUT2D eigenvalue weighted by atomic mass is 35.5. The number of methoxy groups -OCH3 is 1. The summed E-state index contributed by atoms with van der Waals surface area (Å²) in [5, 5.41) is 21.1. The first-order valence-electron chi connectivity index (χ1n) is 9.86. The van der Waals surface area contributed by atoms with Crippen LogP contribution in [0.2, 0.25) is 5.02 Å². The molecule has 0 aliphatic carbocycles. The summed E-state index contributed by atoms with van der Waals surface area (Å²) in [6.07, 6.45) is 1.39. The van der Waals surface area contributed by atoms with Gasteiger partial charge in [-0.2, -0.15) is 20.1 Å². The number of aromatic nitrogens is 3. The van der Waals surface area contributed by atoms with Gasteiger partial charge in [0.2, 0.25) is 17.8 Å². The van der Waals surface area contributed by atoms with E-state index >= 15 is 0 Å². The van der Waals surface area contributed by atoms with Crippen molar-refractivity contribution in [3.63, 3.8) is 0 Å². The monoisotopic (exact) mass is 461 g/mol. The highest BCUT2D eigenvalue weighted by Gasteiger charge is 2.10. The number of nitrogens with zero attached hydrogens (tertiary/aromatic N) is 4. The minimum atomic E-state index is -0.0824. The maximum absolute atomic E-state index is 10.3. The third-order valence-corrected chi connectivity index (χ3v) is 4.57. The van der Waals surface area contributed by atoms with E-state index in [0.29, 0.717) is 22.5 Å². The van der Waals surface area contributed by atoms with Crippen molar-refractivity contribution >= 4 is 47.0 Å². The van der Waals surface area contributed by atoms with Crippen molar-refractivity contribution in [3.05, 3.63) is 83.4 Å². The van der Waals surface area contributed by atoms with Gasteiger partial charge in [-0.15, -0.1) is 0 Å². The van der Waals surface area contributed by atoms with Crippen molar-refractivity contribution in [2.75, 3.05) is 23.2 Å². The Kier molecular flexibility index (Phi) is 6.81. The first kappa shape index (κ1) is 21.8. The lowest BCUT2D eigenvalue weighted by Gasteiger charge is -2.10. The third-order valence-electron chi connectivity index (χ3n) is 4.35. The number of phenols is 1. The van der Waals surface area contributed by atoms with Crippen molar-refractivity contribution in [2.45, 2.75) is 0 Å². The number of benzene rings is 3. The van der Waals surface area contributed by atoms with Gasteiger partial charge in [-0.3, -0.25) is 0 Å². The van der Waals surface area contributed by atoms with Gasteiger partial charge in [-0.05, 0) is 30.3 Å². The van der Waals surface area contributed by atoms with Crippen LogP contribution in [-0.2, 0) is 0 Å². The van der Waals surface area contributed by atoms with Gasteiger partial charge in [0.25, 0.3) is 0 Å². The van der Waals surface area contributed by atoms with Crippen LogP contribution < -0.4 is 20.8 Å². The maximum atomic E-state index is 10.3. The van der Waals surface area contributed by atoms with E-state index in [-0.39, 0.29) is 17.4 Å². The number of aromatic hydroxyl groups is 1. The lowest BCUT2D eigenvalue weighted by molar-refractivity contribution is 0.373. The second-order valence-electron chi connectivity index (χ2n) is 6.70. The van der Waals surface area contributed by atoms with E-state index in [0.717, 1.165) is 11.4 Å². The van der Waals surface area contributed by atoms with Gasteiger partial charge < -0.3 is 20.5 Å². The molecule has 10 heteroatoms. The quantitative estimate of drug-likeness (QED) is 0.210. The Bertz CT molecular complexity index is 1190. The van der Waals surface area contributed by atoms with Gasteiger partial charge in [-0.25, -0.2) is 5.43 Å². The van der Waals surface area contributed by atoms with Crippen molar-refractivity contribution < 1.29 is 9.84 Å². The topological polar surface area (TPSA) is 117 Å². The zero-order chi connectivity index (χ0) is 23.0. The number of hydrogen-bond donors (Lipinski definition) is 4. The van der Waals surface area contributed by atoms with Crippen LogP contribution >= 0.6 is 11.6 Å². The molecule has 0 amide bonds. The minimum Gasteiger partial charge on any atom is -0.504 e. The molecule has 0 unspecified atom stereocenters. The lowest BCUT2D eigenvalue weighted by Crippen LogP contribution is -2.07. The molecular formula is C23H20ClN7O2. The van der Waals surface area contributed by atoms with Gasteiger partial charge in [0, 0.05) is 28.0 Å². The summed E-state index contributed by atoms with van der Waals surface area (Å²) in [6, 6.07) is 22.1. The number of ether oxygens (including phenoxy) is 1. The molecule has 0 bridgehead atoms. The SMILES string of the molecule is COc1cc(Cl)cc(/C=N/Nc2nc(Nc3ccccc3)nc(Nc3ccccc3)n2)c1O. The molecule has 4 N–H and O–H groups in total. The van der Waals surface area contributed by atoms with E-state index in [1.54, 1.807) is 6.07 Å². The van der Waals surface area contributed by atoms with Crippen molar-refractivity contribution in [1.29, 1.82) is 0 Å². The van der Waals surface area contributed by atoms with Crippen LogP contribution in [0.25, 0.3) is 0 Å². The molecular weight excluding hydrogens is 442 g/mol. The highest BCUT2D eigenvalue weighted by Crippen LogP contribution is 2.32. The fourth-order valence-electron chi connectivity index (χ4n) is 2.85. The third kappa shape index (κ3) is 5.86. The molecule has 3 aromatic carbocycles. The summed E-state index contributed by atoms with van der Waals surface area (Å²) in [7, 11) is 1.44. The van der Waals surface area contributed by atoms with Crippen molar-refractivity contribution in [2.24, 2.45) is 5.10 Å². The number of rotatable bonds is 8. The molecule has 4 rings (SSSR count). The van der Waals surface area contributed by atoms with E-state index in [2.05, 4.69) is 36.1 Å². The van der Waals surface area contributed by atoms with Gasteiger partial charge in [0.1, 0.15) is 0 Å². The van der Waals surface area contributed by atoms with Gasteiger partial charge >= 0.3 is 0 Å². The summed E-state index contributed by atoms with van der Waals surface area (Å²) in [5.41, 5.74) is 4.77. The minimum absolute atomic E-state index is 0.0824. The van der Waals surface area contributed by atoms with E-state index in [4.69, 9.17) is 16.3 Å². The van der Waals surface area contributed by atoms with Crippen LogP contribution in [0.3, 0.4) is 0 Å². The average molecular weight is 462 g/mol. The Balaban J connectivity index is 1.59. The molecule has 1 heterocycles. The Morgan fingerprint density at radius 2 is 1.39 bits per heavy atom. The van der Waals surface area contributed by atoms with Crippen molar-refractivity contribution in [1.82, 2.24) is 15.0 Å². The molecule has 0 aliphatic heterocycles. The number of anilines is 5. The number of phenolic OH excluding ortho intramolecular Hbond substituents is 1. The summed E-state index contributed by atoms with van der Waals surface area (Å²) >= 11 is 6.07. The predicted molar refractivity (Wildman–Crippen MR) is 130 cm³/mol. The maximum Gasteiger partial charge on any atom is 0.250 e. The molecule has 0 aliphatic rings. The molecule has 0 spiro atoms. The lowest BCUT2D eigenvalue weighted by atomic mass is 10.2. The summed E-state index contributed by atoms with van der Waals surface area (Å²) in [5.74, 6) is 0.986. The second-order valence-corrected chi connectivity index (χ2v) is 7.14. The highest BCUT2D eigenvalue weighted by molar-refractivity contribution is 6.31. The van der Waals surface area contributed by atoms with Gasteiger partial charge in [0.05, 0.1) is 13.3 Å². The van der Waals surface area contributed by atoms with Crippen LogP contribution in [0.1, 0.15) is 5.56 Å². The number of hydrogen-bond acceptors (Lipinski definition) is 9. The molecule has 0 atom stereocenters. The number of nitrogens with one attached hydrogen (secondary N) is 3. The Hall–Kier alpha value is -4.37. The summed E-state index contributed by atoms with van der Waals surface area (Å²) in [4.78, 5) is 13.2. The predicted octanol–water partition coefficient (Wildman–Crippen LogP) is 5.17. The molecule has 0 saturated carbocycles. The van der Waals surface area contributed by atoms with E-state index in [1.165, 1.54) is 19.4 Å². The molecule has 33 heavy (non-hydrogen) atoms. The van der Waals surface area contributed by atoms with E-state index < -0.39 is 0 Å². The molecule has 0 radical (unpaired) electrons. The number of hydrazone groups is 1. The van der Waals surface area contributed by atoms with Crippen molar-refractivity contribution in [3.8, 4) is 11.5 Å². The molecule has 0 saturated heterocycles. The first-order chi connectivity index (χ1) is 16.1. The fourth-order valence-corrected chi connectivity index (χ4v) is 3.06. The Morgan fingerprint density at radius 1 is 0.848 bits per heavy atom. The van der Waals surface area contributed by atoms with E-state index in [9.17, 15) is 5.11 Å². The molecule has 4 aromatic rings. The summed E-state index contributed by atoms with van der Waals surface area (Å²) in [6.45, 7) is 0. The van der Waals surface area contributed by atoms with Crippen LogP contribution in [0, 0.1) is 0 Å². The molecule has 9 nitrogen and oxygen atoms in total. The Morgan fingerprint density at radius 3 is 1.94 bits per heavy atom. The normalized spacial score (nSPS) is 10.7. The zero-order valence-corrected chi connectivity index (χ0v) is 18.3. The van der Waals surface area contributed by atoms with Crippen LogP contribution in [0.5, 0.6) is 11.5 Å². The zero-order valence-electron chi connectivity index (χ0n) is 17.5. The number of halogens is 1. The largest absolute Gasteiger partial charge is 0.504 e. The first-order valence-corrected chi connectivity index (χ1v) is 10.2. The average Bonchev–Trinajstić information content (AvgIpc) is 2.82. The van der Waals surface area contributed by atoms with Gasteiger partial charge in [0.15, 0.2) is 11.5 Å². The molecule has 0 fully saturated rings. The Labute approximate surface area is 195 Å².